The molecule has 10 heteroatoms. The zero-order valence-corrected chi connectivity index (χ0v) is 23.3. The van der Waals surface area contributed by atoms with Crippen LogP contribution < -0.4 is 20.3 Å². The smallest absolute Gasteiger partial charge is 0.255 e. The molecule has 0 aliphatic carbocycles. The molecule has 2 aromatic carbocycles. The standard InChI is InChI=1S/C31H38FN5O4/c32-25-9-2-3-10-26(25)36-17-19-37(20-18-36)28(38)22-35-16-7-13-31(23-35)12-5-6-21-41-27-11-4-1-8-24(27)29(39)33-14-15-34-30(31)40/h1-6,8-11H,7,12-23H2,(H,33,39)(H,34,40)/b6-5-. The van der Waals surface area contributed by atoms with Gasteiger partial charge in [0.15, 0.2) is 0 Å². The van der Waals surface area contributed by atoms with E-state index in [0.717, 1.165) is 13.0 Å². The van der Waals surface area contributed by atoms with Gasteiger partial charge in [-0.2, -0.15) is 0 Å². The third-order valence-corrected chi connectivity index (χ3v) is 8.16. The lowest BCUT2D eigenvalue weighted by Gasteiger charge is -2.42. The summed E-state index contributed by atoms with van der Waals surface area (Å²) >= 11 is 0. The summed E-state index contributed by atoms with van der Waals surface area (Å²) in [6.07, 6.45) is 5.90. The van der Waals surface area contributed by atoms with Gasteiger partial charge in [-0.05, 0) is 50.1 Å². The molecule has 1 unspecified atom stereocenters. The maximum absolute atomic E-state index is 14.2. The van der Waals surface area contributed by atoms with Crippen molar-refractivity contribution in [3.63, 3.8) is 0 Å². The van der Waals surface area contributed by atoms with E-state index in [1.807, 2.05) is 34.1 Å². The van der Waals surface area contributed by atoms with Gasteiger partial charge in [0.1, 0.15) is 18.2 Å². The molecule has 3 amide bonds. The zero-order chi connectivity index (χ0) is 28.7. The number of fused-ring (bicyclic) bond motifs is 1. The maximum atomic E-state index is 14.2. The van der Waals surface area contributed by atoms with E-state index >= 15 is 0 Å². The van der Waals surface area contributed by atoms with E-state index in [9.17, 15) is 18.8 Å². The second kappa shape index (κ2) is 13.2. The van der Waals surface area contributed by atoms with Crippen molar-refractivity contribution in [2.75, 3.05) is 70.4 Å². The van der Waals surface area contributed by atoms with E-state index in [1.54, 1.807) is 30.3 Å². The summed E-state index contributed by atoms with van der Waals surface area (Å²) in [5.74, 6) is -0.0160. The fraction of sp³-hybridized carbons (Fsp3) is 0.452. The van der Waals surface area contributed by atoms with Crippen LogP contribution in [-0.4, -0.2) is 93.0 Å². The zero-order valence-electron chi connectivity index (χ0n) is 23.3. The van der Waals surface area contributed by atoms with Crippen molar-refractivity contribution < 1.29 is 23.5 Å². The van der Waals surface area contributed by atoms with Crippen LogP contribution in [0.2, 0.25) is 0 Å². The number of piperazine rings is 1. The second-order valence-electron chi connectivity index (χ2n) is 10.9. The van der Waals surface area contributed by atoms with Gasteiger partial charge in [-0.25, -0.2) is 4.39 Å². The van der Waals surface area contributed by atoms with Crippen LogP contribution >= 0.6 is 0 Å². The number of nitrogens with zero attached hydrogens (tertiary/aromatic N) is 3. The summed E-state index contributed by atoms with van der Waals surface area (Å²) in [6.45, 7) is 4.57. The quantitative estimate of drug-likeness (QED) is 0.558. The molecule has 0 saturated carbocycles. The number of carbonyl (C=O) groups is 3. The van der Waals surface area contributed by atoms with Gasteiger partial charge >= 0.3 is 0 Å². The van der Waals surface area contributed by atoms with Crippen LogP contribution in [0.4, 0.5) is 10.1 Å². The lowest BCUT2D eigenvalue weighted by atomic mass is 9.76. The maximum Gasteiger partial charge on any atom is 0.255 e. The number of rotatable bonds is 3. The molecule has 2 N–H and O–H groups in total. The summed E-state index contributed by atoms with van der Waals surface area (Å²) in [7, 11) is 0. The topological polar surface area (TPSA) is 94.2 Å². The Morgan fingerprint density at radius 3 is 2.51 bits per heavy atom. The first-order valence-electron chi connectivity index (χ1n) is 14.4. The van der Waals surface area contributed by atoms with Gasteiger partial charge in [0.05, 0.1) is 23.2 Å². The van der Waals surface area contributed by atoms with E-state index < -0.39 is 5.41 Å². The highest BCUT2D eigenvalue weighted by Crippen LogP contribution is 2.34. The Hall–Kier alpha value is -3.92. The molecule has 2 saturated heterocycles. The Morgan fingerprint density at radius 2 is 1.68 bits per heavy atom. The van der Waals surface area contributed by atoms with Crippen molar-refractivity contribution in [3.8, 4) is 5.75 Å². The number of anilines is 1. The van der Waals surface area contributed by atoms with Crippen LogP contribution in [0.25, 0.3) is 0 Å². The minimum atomic E-state index is -0.676. The van der Waals surface area contributed by atoms with Crippen LogP contribution in [0.1, 0.15) is 29.6 Å². The highest BCUT2D eigenvalue weighted by Gasteiger charge is 2.42. The number of hydrogen-bond acceptors (Lipinski definition) is 6. The van der Waals surface area contributed by atoms with E-state index in [0.29, 0.717) is 75.7 Å². The van der Waals surface area contributed by atoms with Crippen molar-refractivity contribution in [3.05, 3.63) is 72.1 Å². The molecule has 218 valence electrons. The summed E-state index contributed by atoms with van der Waals surface area (Å²) in [4.78, 5) is 45.3. The van der Waals surface area contributed by atoms with Crippen LogP contribution in [-0.2, 0) is 9.59 Å². The minimum absolute atomic E-state index is 0.0295. The highest BCUT2D eigenvalue weighted by atomic mass is 19.1. The number of likely N-dealkylation sites (tertiary alicyclic amines) is 1. The molecule has 0 aromatic heterocycles. The fourth-order valence-corrected chi connectivity index (χ4v) is 5.93. The van der Waals surface area contributed by atoms with E-state index in [2.05, 4.69) is 15.5 Å². The van der Waals surface area contributed by atoms with Crippen molar-refractivity contribution in [1.82, 2.24) is 20.4 Å². The van der Waals surface area contributed by atoms with Crippen molar-refractivity contribution in [2.24, 2.45) is 5.41 Å². The van der Waals surface area contributed by atoms with Crippen molar-refractivity contribution >= 4 is 23.4 Å². The molecule has 1 atom stereocenters. The molecule has 9 nitrogen and oxygen atoms in total. The first-order chi connectivity index (χ1) is 19.9. The molecule has 1 spiro atoms. The third-order valence-electron chi connectivity index (χ3n) is 8.16. The number of halogens is 1. The fourth-order valence-electron chi connectivity index (χ4n) is 5.93. The molecule has 2 aromatic rings. The molecule has 41 heavy (non-hydrogen) atoms. The Kier molecular flexibility index (Phi) is 9.18. The molecule has 0 bridgehead atoms. The Labute approximate surface area is 240 Å². The van der Waals surface area contributed by atoms with E-state index in [-0.39, 0.29) is 36.7 Å². The van der Waals surface area contributed by atoms with Crippen LogP contribution in [0.5, 0.6) is 5.75 Å². The average molecular weight is 564 g/mol. The number of hydrogen-bond donors (Lipinski definition) is 2. The van der Waals surface area contributed by atoms with Crippen molar-refractivity contribution in [2.45, 2.75) is 19.3 Å². The predicted molar refractivity (Wildman–Crippen MR) is 154 cm³/mol. The molecule has 0 radical (unpaired) electrons. The van der Waals surface area contributed by atoms with Crippen molar-refractivity contribution in [1.29, 1.82) is 0 Å². The second-order valence-corrected chi connectivity index (χ2v) is 10.9. The number of piperidine rings is 1. The molecule has 3 aliphatic heterocycles. The molecular formula is C31H38FN5O4. The van der Waals surface area contributed by atoms with Crippen LogP contribution in [0, 0.1) is 11.2 Å². The number of nitrogens with one attached hydrogen (secondary N) is 2. The summed E-state index contributed by atoms with van der Waals surface area (Å²) in [5.41, 5.74) is 0.353. The van der Waals surface area contributed by atoms with Gasteiger partial charge in [0, 0.05) is 45.8 Å². The van der Waals surface area contributed by atoms with Gasteiger partial charge in [-0.1, -0.05) is 36.4 Å². The Balaban J connectivity index is 1.20. The monoisotopic (exact) mass is 563 g/mol. The summed E-state index contributed by atoms with van der Waals surface area (Å²) < 4.78 is 20.1. The normalized spacial score (nSPS) is 23.5. The first-order valence-corrected chi connectivity index (χ1v) is 14.4. The predicted octanol–water partition coefficient (Wildman–Crippen LogP) is 2.44. The Morgan fingerprint density at radius 1 is 0.927 bits per heavy atom. The largest absolute Gasteiger partial charge is 0.489 e. The van der Waals surface area contributed by atoms with E-state index in [4.69, 9.17) is 4.74 Å². The number of para-hydroxylation sites is 2. The van der Waals surface area contributed by atoms with Gasteiger partial charge in [0.25, 0.3) is 5.91 Å². The van der Waals surface area contributed by atoms with Gasteiger partial charge in [-0.15, -0.1) is 0 Å². The van der Waals surface area contributed by atoms with Crippen LogP contribution in [0.3, 0.4) is 0 Å². The average Bonchev–Trinajstić information content (AvgIpc) is 2.99. The SMILES string of the molecule is O=C1NCCNC(=O)C2(C/C=C\COc3ccccc31)CCCN(CC(=O)N1CCN(c3ccccc3F)CC1)C2. The van der Waals surface area contributed by atoms with Gasteiger partial charge in [-0.3, -0.25) is 19.3 Å². The molecule has 5 rings (SSSR count). The molecular weight excluding hydrogens is 525 g/mol. The van der Waals surface area contributed by atoms with Gasteiger partial charge in [0.2, 0.25) is 11.8 Å². The number of carbonyl (C=O) groups excluding carboxylic acids is 3. The molecule has 2 fully saturated rings. The lowest BCUT2D eigenvalue weighted by molar-refractivity contribution is -0.139. The summed E-state index contributed by atoms with van der Waals surface area (Å²) in [5, 5.41) is 5.88. The lowest BCUT2D eigenvalue weighted by Crippen LogP contribution is -2.56. The third kappa shape index (κ3) is 6.87. The minimum Gasteiger partial charge on any atom is -0.489 e. The molecule has 3 aliphatic rings. The van der Waals surface area contributed by atoms with E-state index in [1.165, 1.54) is 6.07 Å². The highest BCUT2D eigenvalue weighted by molar-refractivity contribution is 5.97. The summed E-state index contributed by atoms with van der Waals surface area (Å²) in [6, 6.07) is 13.8. The Bertz CT molecular complexity index is 1280. The number of allylic oxidation sites excluding steroid dienone is 1. The number of benzene rings is 2. The van der Waals surface area contributed by atoms with Crippen LogP contribution in [0.15, 0.2) is 60.7 Å². The van der Waals surface area contributed by atoms with Gasteiger partial charge < -0.3 is 25.2 Å². The molecule has 3 heterocycles. The number of ether oxygens (including phenoxy) is 1. The number of amides is 3. The first kappa shape index (κ1) is 28.6.